The van der Waals surface area contributed by atoms with Crippen LogP contribution in [0.1, 0.15) is 42.1 Å². The number of nitro groups is 1. The lowest BCUT2D eigenvalue weighted by Crippen LogP contribution is -2.40. The van der Waals surface area contributed by atoms with Crippen LogP contribution in [0.15, 0.2) is 94.0 Å². The second-order valence-corrected chi connectivity index (χ2v) is 11.9. The minimum atomic E-state index is -0.946. The Kier molecular flexibility index (Phi) is 7.79. The second kappa shape index (κ2) is 11.7. The molecule has 0 bridgehead atoms. The zero-order chi connectivity index (χ0) is 31.1. The van der Waals surface area contributed by atoms with Gasteiger partial charge in [0.2, 0.25) is 0 Å². The molecule has 3 heterocycles. The van der Waals surface area contributed by atoms with E-state index in [0.717, 1.165) is 22.0 Å². The van der Waals surface area contributed by atoms with E-state index in [4.69, 9.17) is 16.3 Å². The lowest BCUT2D eigenvalue weighted by Gasteiger charge is -2.24. The number of allylic oxidation sites excluding steroid dienone is 1. The van der Waals surface area contributed by atoms with Crippen LogP contribution < -0.4 is 14.9 Å². The third kappa shape index (κ3) is 5.27. The number of nitrogens with zero attached hydrogens (tertiary/aromatic N) is 4. The predicted molar refractivity (Wildman–Crippen MR) is 171 cm³/mol. The molecule has 9 nitrogen and oxygen atoms in total. The van der Waals surface area contributed by atoms with Gasteiger partial charge in [-0.15, -0.1) is 0 Å². The molecule has 3 aromatic carbocycles. The van der Waals surface area contributed by atoms with Crippen LogP contribution in [0.2, 0.25) is 5.02 Å². The fourth-order valence-electron chi connectivity index (χ4n) is 5.55. The third-order valence-corrected chi connectivity index (χ3v) is 8.87. The standard InChI is InChI=1S/C33H27ClN4O5S/c1-4-43-32(40)29-20(3)35-33-37(30(29)22-12-9-19(2)27(15-22)38(41)42)31(39)28(44-33)16-23-18-36(26-8-6-5-7-25(23)26)17-21-10-13-24(34)14-11-21/h5-16,18,30H,4,17H2,1-3H3/b28-16+/t30-/m1/s1. The fourth-order valence-corrected chi connectivity index (χ4v) is 6.71. The number of esters is 1. The van der Waals surface area contributed by atoms with Crippen molar-refractivity contribution in [3.63, 3.8) is 0 Å². The van der Waals surface area contributed by atoms with Crippen molar-refractivity contribution < 1.29 is 14.5 Å². The molecular formula is C33H27ClN4O5S. The monoisotopic (exact) mass is 626 g/mol. The number of aryl methyl sites for hydroxylation is 1. The minimum Gasteiger partial charge on any atom is -0.463 e. The van der Waals surface area contributed by atoms with E-state index in [1.54, 1.807) is 32.9 Å². The van der Waals surface area contributed by atoms with E-state index < -0.39 is 16.9 Å². The Morgan fingerprint density at radius 3 is 2.61 bits per heavy atom. The number of fused-ring (bicyclic) bond motifs is 2. The Balaban J connectivity index is 1.53. The minimum absolute atomic E-state index is 0.101. The normalized spacial score (nSPS) is 14.9. The highest BCUT2D eigenvalue weighted by Crippen LogP contribution is 2.33. The van der Waals surface area contributed by atoms with Gasteiger partial charge in [0.1, 0.15) is 0 Å². The van der Waals surface area contributed by atoms with Crippen LogP contribution >= 0.6 is 22.9 Å². The van der Waals surface area contributed by atoms with Gasteiger partial charge in [-0.1, -0.05) is 65.4 Å². The van der Waals surface area contributed by atoms with Gasteiger partial charge in [-0.25, -0.2) is 9.79 Å². The van der Waals surface area contributed by atoms with Crippen molar-refractivity contribution in [3.05, 3.63) is 141 Å². The van der Waals surface area contributed by atoms with Crippen LogP contribution in [0.5, 0.6) is 0 Å². The molecule has 222 valence electrons. The lowest BCUT2D eigenvalue weighted by molar-refractivity contribution is -0.385. The Hall–Kier alpha value is -4.80. The maximum atomic E-state index is 14.1. The van der Waals surface area contributed by atoms with Crippen molar-refractivity contribution in [2.24, 2.45) is 4.99 Å². The molecule has 0 amide bonds. The average Bonchev–Trinajstić information content (AvgIpc) is 3.50. The number of aromatic nitrogens is 2. The SMILES string of the molecule is CCOC(=O)C1=C(C)N=c2s/c(=C/c3cn(Cc4ccc(Cl)cc4)c4ccccc34)c(=O)n2[C@@H]1c1ccc(C)c([N+](=O)[O-])c1. The van der Waals surface area contributed by atoms with Crippen molar-refractivity contribution in [1.29, 1.82) is 0 Å². The summed E-state index contributed by atoms with van der Waals surface area (Å²) >= 11 is 7.29. The third-order valence-electron chi connectivity index (χ3n) is 7.63. The molecule has 0 saturated carbocycles. The molecule has 44 heavy (non-hydrogen) atoms. The van der Waals surface area contributed by atoms with Gasteiger partial charge in [0.15, 0.2) is 4.80 Å². The van der Waals surface area contributed by atoms with E-state index in [1.807, 2.05) is 60.8 Å². The molecule has 11 heteroatoms. The molecule has 1 aliphatic heterocycles. The number of hydrogen-bond donors (Lipinski definition) is 0. The van der Waals surface area contributed by atoms with Gasteiger partial charge >= 0.3 is 5.97 Å². The number of ether oxygens (including phenoxy) is 1. The van der Waals surface area contributed by atoms with E-state index >= 15 is 0 Å². The molecule has 1 atom stereocenters. The van der Waals surface area contributed by atoms with Crippen LogP contribution in [0, 0.1) is 17.0 Å². The Morgan fingerprint density at radius 1 is 1.14 bits per heavy atom. The van der Waals surface area contributed by atoms with Crippen molar-refractivity contribution >= 4 is 51.6 Å². The number of hydrogen-bond acceptors (Lipinski definition) is 7. The summed E-state index contributed by atoms with van der Waals surface area (Å²) in [6.45, 7) is 5.76. The quantitative estimate of drug-likeness (QED) is 0.131. The zero-order valence-corrected chi connectivity index (χ0v) is 25.7. The highest BCUT2D eigenvalue weighted by molar-refractivity contribution is 7.07. The number of halogens is 1. The second-order valence-electron chi connectivity index (χ2n) is 10.5. The van der Waals surface area contributed by atoms with Crippen LogP contribution in [0.25, 0.3) is 17.0 Å². The van der Waals surface area contributed by atoms with E-state index in [1.165, 1.54) is 22.0 Å². The van der Waals surface area contributed by atoms with E-state index in [-0.39, 0.29) is 23.4 Å². The first-order valence-electron chi connectivity index (χ1n) is 13.9. The molecule has 6 rings (SSSR count). The molecule has 5 aromatic rings. The van der Waals surface area contributed by atoms with Crippen LogP contribution in [0.3, 0.4) is 0 Å². The number of para-hydroxylation sites is 1. The number of thiazole rings is 1. The van der Waals surface area contributed by atoms with Crippen molar-refractivity contribution in [1.82, 2.24) is 9.13 Å². The molecule has 0 aliphatic carbocycles. The Morgan fingerprint density at radius 2 is 1.89 bits per heavy atom. The van der Waals surface area contributed by atoms with E-state index in [9.17, 15) is 19.7 Å². The number of benzene rings is 3. The highest BCUT2D eigenvalue weighted by Gasteiger charge is 2.34. The highest BCUT2D eigenvalue weighted by atomic mass is 35.5. The summed E-state index contributed by atoms with van der Waals surface area (Å²) in [4.78, 5) is 43.7. The zero-order valence-electron chi connectivity index (χ0n) is 24.1. The van der Waals surface area contributed by atoms with Gasteiger partial charge in [0.25, 0.3) is 11.2 Å². The van der Waals surface area contributed by atoms with Crippen LogP contribution in [0.4, 0.5) is 5.69 Å². The average molecular weight is 627 g/mol. The Labute approximate surface area is 260 Å². The van der Waals surface area contributed by atoms with E-state index in [0.29, 0.717) is 37.7 Å². The molecule has 2 aromatic heterocycles. The molecule has 0 fully saturated rings. The van der Waals surface area contributed by atoms with Crippen LogP contribution in [-0.4, -0.2) is 26.6 Å². The van der Waals surface area contributed by atoms with Gasteiger partial charge < -0.3 is 9.30 Å². The molecule has 1 aliphatic rings. The van der Waals surface area contributed by atoms with Crippen molar-refractivity contribution in [3.8, 4) is 0 Å². The summed E-state index contributed by atoms with van der Waals surface area (Å²) < 4.78 is 9.33. The van der Waals surface area contributed by atoms with Gasteiger partial charge in [0.05, 0.1) is 33.4 Å². The predicted octanol–water partition coefficient (Wildman–Crippen LogP) is 5.67. The smallest absolute Gasteiger partial charge is 0.338 e. The first-order valence-corrected chi connectivity index (χ1v) is 15.1. The van der Waals surface area contributed by atoms with Gasteiger partial charge in [-0.3, -0.25) is 19.5 Å². The largest absolute Gasteiger partial charge is 0.463 e. The first kappa shape index (κ1) is 29.3. The lowest BCUT2D eigenvalue weighted by atomic mass is 9.94. The summed E-state index contributed by atoms with van der Waals surface area (Å²) in [6, 6.07) is 19.4. The van der Waals surface area contributed by atoms with Gasteiger partial charge in [-0.2, -0.15) is 0 Å². The summed E-state index contributed by atoms with van der Waals surface area (Å²) in [6.07, 6.45) is 3.84. The topological polar surface area (TPSA) is 109 Å². The number of carbonyl (C=O) groups excluding carboxylic acids is 1. The maximum absolute atomic E-state index is 14.1. The summed E-state index contributed by atoms with van der Waals surface area (Å²) in [7, 11) is 0. The molecule has 0 N–H and O–H groups in total. The van der Waals surface area contributed by atoms with Gasteiger partial charge in [-0.05, 0) is 56.2 Å². The van der Waals surface area contributed by atoms with Crippen LogP contribution in [-0.2, 0) is 16.1 Å². The van der Waals surface area contributed by atoms with Gasteiger partial charge in [0, 0.05) is 45.9 Å². The Bertz CT molecular complexity index is 2180. The fraction of sp³-hybridized carbons (Fsp3) is 0.182. The summed E-state index contributed by atoms with van der Waals surface area (Å²) in [5.41, 5.74) is 3.94. The molecular weight excluding hydrogens is 600 g/mol. The molecule has 0 radical (unpaired) electrons. The van der Waals surface area contributed by atoms with Crippen molar-refractivity contribution in [2.75, 3.05) is 6.61 Å². The molecule has 0 saturated heterocycles. The summed E-state index contributed by atoms with van der Waals surface area (Å²) in [5, 5.41) is 13.4. The maximum Gasteiger partial charge on any atom is 0.338 e. The summed E-state index contributed by atoms with van der Waals surface area (Å²) in [5.74, 6) is -0.624. The van der Waals surface area contributed by atoms with E-state index in [2.05, 4.69) is 9.56 Å². The van der Waals surface area contributed by atoms with Crippen molar-refractivity contribution in [2.45, 2.75) is 33.4 Å². The first-order chi connectivity index (χ1) is 21.2. The number of rotatable bonds is 7. The number of carbonyl (C=O) groups is 1. The number of nitro benzene ring substituents is 1. The molecule has 0 unspecified atom stereocenters. The molecule has 0 spiro atoms.